The van der Waals surface area contributed by atoms with E-state index in [9.17, 15) is 4.79 Å². The molecule has 2 aromatic carbocycles. The van der Waals surface area contributed by atoms with Crippen molar-refractivity contribution >= 4 is 35.0 Å². The number of carbonyl (C=O) groups is 1. The van der Waals surface area contributed by atoms with Gasteiger partial charge in [-0.15, -0.1) is 0 Å². The van der Waals surface area contributed by atoms with Crippen LogP contribution in [0.25, 0.3) is 0 Å². The van der Waals surface area contributed by atoms with Gasteiger partial charge in [-0.2, -0.15) is 0 Å². The smallest absolute Gasteiger partial charge is 0.258 e. The van der Waals surface area contributed by atoms with E-state index in [0.29, 0.717) is 11.3 Å². The predicted octanol–water partition coefficient (Wildman–Crippen LogP) is 5.45. The molecule has 0 bridgehead atoms. The van der Waals surface area contributed by atoms with E-state index in [-0.39, 0.29) is 11.1 Å². The third-order valence-corrected chi connectivity index (χ3v) is 4.69. The van der Waals surface area contributed by atoms with Crippen molar-refractivity contribution in [3.05, 3.63) is 83.1 Å². The van der Waals surface area contributed by atoms with E-state index >= 15 is 0 Å². The standard InChI is InChI=1S/C19H15ClN2OS/c1-13-4-8-15(9-5-13)24-16-10-6-14(7-11-16)22-19(23)17-3-2-12-21-18(17)20/h2-12H,1H3,(H,22,23). The molecule has 0 saturated heterocycles. The van der Waals surface area contributed by atoms with Gasteiger partial charge in [-0.05, 0) is 55.5 Å². The molecular weight excluding hydrogens is 340 g/mol. The quantitative estimate of drug-likeness (QED) is 0.634. The maximum atomic E-state index is 12.2. The molecule has 1 N–H and O–H groups in total. The van der Waals surface area contributed by atoms with Gasteiger partial charge >= 0.3 is 0 Å². The van der Waals surface area contributed by atoms with Gasteiger partial charge in [-0.3, -0.25) is 4.79 Å². The highest BCUT2D eigenvalue weighted by Crippen LogP contribution is 2.28. The molecule has 3 nitrogen and oxygen atoms in total. The minimum atomic E-state index is -0.271. The van der Waals surface area contributed by atoms with Crippen LogP contribution in [0.15, 0.2) is 76.7 Å². The van der Waals surface area contributed by atoms with Gasteiger partial charge in [0.15, 0.2) is 0 Å². The summed E-state index contributed by atoms with van der Waals surface area (Å²) in [7, 11) is 0. The van der Waals surface area contributed by atoms with Crippen LogP contribution in [0.5, 0.6) is 0 Å². The molecule has 0 unspecified atom stereocenters. The summed E-state index contributed by atoms with van der Waals surface area (Å²) in [4.78, 5) is 18.4. The van der Waals surface area contributed by atoms with Crippen LogP contribution < -0.4 is 5.32 Å². The Kier molecular flexibility index (Phi) is 5.18. The molecule has 0 aliphatic carbocycles. The van der Waals surface area contributed by atoms with Crippen LogP contribution in [-0.2, 0) is 0 Å². The van der Waals surface area contributed by atoms with Gasteiger partial charge in [-0.25, -0.2) is 4.98 Å². The molecule has 24 heavy (non-hydrogen) atoms. The molecule has 0 aliphatic heterocycles. The Bertz CT molecular complexity index is 848. The van der Waals surface area contributed by atoms with Gasteiger partial charge in [0.25, 0.3) is 5.91 Å². The number of nitrogens with one attached hydrogen (secondary N) is 1. The first kappa shape index (κ1) is 16.6. The average molecular weight is 355 g/mol. The lowest BCUT2D eigenvalue weighted by Crippen LogP contribution is -2.12. The van der Waals surface area contributed by atoms with Gasteiger partial charge in [0, 0.05) is 21.7 Å². The normalized spacial score (nSPS) is 10.4. The summed E-state index contributed by atoms with van der Waals surface area (Å²) < 4.78 is 0. The van der Waals surface area contributed by atoms with Gasteiger partial charge in [0.1, 0.15) is 5.15 Å². The number of halogens is 1. The van der Waals surface area contributed by atoms with E-state index in [1.54, 1.807) is 30.1 Å². The van der Waals surface area contributed by atoms with Crippen molar-refractivity contribution in [3.8, 4) is 0 Å². The molecule has 5 heteroatoms. The van der Waals surface area contributed by atoms with Crippen molar-refractivity contribution < 1.29 is 4.79 Å². The van der Waals surface area contributed by atoms with E-state index in [0.717, 1.165) is 4.90 Å². The van der Waals surface area contributed by atoms with E-state index in [4.69, 9.17) is 11.6 Å². The zero-order valence-corrected chi connectivity index (χ0v) is 14.6. The maximum absolute atomic E-state index is 12.2. The molecule has 0 radical (unpaired) electrons. The van der Waals surface area contributed by atoms with Crippen molar-refractivity contribution in [2.45, 2.75) is 16.7 Å². The summed E-state index contributed by atoms with van der Waals surface area (Å²) in [5, 5.41) is 3.02. The minimum Gasteiger partial charge on any atom is -0.322 e. The number of rotatable bonds is 4. The molecule has 120 valence electrons. The third-order valence-electron chi connectivity index (χ3n) is 3.37. The highest BCUT2D eigenvalue weighted by molar-refractivity contribution is 7.99. The van der Waals surface area contributed by atoms with E-state index < -0.39 is 0 Å². The summed E-state index contributed by atoms with van der Waals surface area (Å²) in [5.41, 5.74) is 2.32. The van der Waals surface area contributed by atoms with Crippen LogP contribution in [-0.4, -0.2) is 10.9 Å². The number of aromatic nitrogens is 1. The van der Waals surface area contributed by atoms with E-state index in [2.05, 4.69) is 41.5 Å². The summed E-state index contributed by atoms with van der Waals surface area (Å²) in [6.07, 6.45) is 1.55. The second-order valence-electron chi connectivity index (χ2n) is 5.24. The number of amides is 1. The van der Waals surface area contributed by atoms with E-state index in [1.165, 1.54) is 10.5 Å². The second kappa shape index (κ2) is 7.51. The third kappa shape index (κ3) is 4.16. The van der Waals surface area contributed by atoms with Gasteiger partial charge in [0.05, 0.1) is 5.56 Å². The molecule has 3 rings (SSSR count). The number of carbonyl (C=O) groups excluding carboxylic acids is 1. The van der Waals surface area contributed by atoms with Crippen LogP contribution >= 0.6 is 23.4 Å². The molecule has 1 aromatic heterocycles. The monoisotopic (exact) mass is 354 g/mol. The number of pyridine rings is 1. The molecule has 0 saturated carbocycles. The van der Waals surface area contributed by atoms with E-state index in [1.807, 2.05) is 24.3 Å². The molecule has 1 amide bonds. The lowest BCUT2D eigenvalue weighted by atomic mass is 10.2. The number of anilines is 1. The number of hydrogen-bond acceptors (Lipinski definition) is 3. The van der Waals surface area contributed by atoms with Crippen LogP contribution in [0.2, 0.25) is 5.15 Å². The first-order valence-electron chi connectivity index (χ1n) is 7.38. The predicted molar refractivity (Wildman–Crippen MR) is 98.9 cm³/mol. The Morgan fingerprint density at radius 2 is 1.62 bits per heavy atom. The van der Waals surface area contributed by atoms with Crippen LogP contribution in [0.4, 0.5) is 5.69 Å². The van der Waals surface area contributed by atoms with Crippen LogP contribution in [0.3, 0.4) is 0 Å². The SMILES string of the molecule is Cc1ccc(Sc2ccc(NC(=O)c3cccnc3Cl)cc2)cc1. The Labute approximate surface area is 150 Å². The molecular formula is C19H15ClN2OS. The molecule has 0 fully saturated rings. The van der Waals surface area contributed by atoms with Crippen LogP contribution in [0.1, 0.15) is 15.9 Å². The van der Waals surface area contributed by atoms with Crippen molar-refractivity contribution in [1.82, 2.24) is 4.98 Å². The Balaban J connectivity index is 1.67. The molecule has 0 aliphatic rings. The Morgan fingerprint density at radius 1 is 1.00 bits per heavy atom. The zero-order chi connectivity index (χ0) is 16.9. The summed E-state index contributed by atoms with van der Waals surface area (Å²) >= 11 is 7.62. The highest BCUT2D eigenvalue weighted by atomic mass is 35.5. The second-order valence-corrected chi connectivity index (χ2v) is 6.74. The minimum absolute atomic E-state index is 0.196. The number of benzene rings is 2. The number of nitrogens with zero attached hydrogens (tertiary/aromatic N) is 1. The largest absolute Gasteiger partial charge is 0.322 e. The Hall–Kier alpha value is -2.30. The molecule has 0 atom stereocenters. The van der Waals surface area contributed by atoms with Gasteiger partial charge in [0.2, 0.25) is 0 Å². The van der Waals surface area contributed by atoms with Gasteiger partial charge < -0.3 is 5.32 Å². The number of aryl methyl sites for hydroxylation is 1. The highest BCUT2D eigenvalue weighted by Gasteiger charge is 2.10. The van der Waals surface area contributed by atoms with Gasteiger partial charge in [-0.1, -0.05) is 41.1 Å². The lowest BCUT2D eigenvalue weighted by molar-refractivity contribution is 0.102. The Morgan fingerprint density at radius 3 is 2.25 bits per heavy atom. The fourth-order valence-electron chi connectivity index (χ4n) is 2.10. The maximum Gasteiger partial charge on any atom is 0.258 e. The fraction of sp³-hybridized carbons (Fsp3) is 0.0526. The fourth-order valence-corrected chi connectivity index (χ4v) is 3.12. The van der Waals surface area contributed by atoms with Crippen molar-refractivity contribution in [2.24, 2.45) is 0 Å². The summed E-state index contributed by atoms with van der Waals surface area (Å²) in [6.45, 7) is 2.07. The lowest BCUT2D eigenvalue weighted by Gasteiger charge is -2.07. The molecule has 1 heterocycles. The van der Waals surface area contributed by atoms with Crippen molar-refractivity contribution in [3.63, 3.8) is 0 Å². The molecule has 0 spiro atoms. The first-order valence-corrected chi connectivity index (χ1v) is 8.58. The summed E-state index contributed by atoms with van der Waals surface area (Å²) in [5.74, 6) is -0.271. The van der Waals surface area contributed by atoms with Crippen LogP contribution in [0, 0.1) is 6.92 Å². The number of hydrogen-bond donors (Lipinski definition) is 1. The van der Waals surface area contributed by atoms with Crippen molar-refractivity contribution in [1.29, 1.82) is 0 Å². The first-order chi connectivity index (χ1) is 11.6. The zero-order valence-electron chi connectivity index (χ0n) is 13.0. The topological polar surface area (TPSA) is 42.0 Å². The molecule has 3 aromatic rings. The summed E-state index contributed by atoms with van der Waals surface area (Å²) in [6, 6.07) is 19.4. The average Bonchev–Trinajstić information content (AvgIpc) is 2.59. The van der Waals surface area contributed by atoms with Crippen molar-refractivity contribution in [2.75, 3.05) is 5.32 Å².